The maximum absolute atomic E-state index is 15.0. The zero-order valence-electron chi connectivity index (χ0n) is 15.3. The number of aromatic nitrogens is 1. The van der Waals surface area contributed by atoms with E-state index in [0.29, 0.717) is 13.1 Å². The first-order chi connectivity index (χ1) is 13.2. The molecule has 3 aliphatic rings. The summed E-state index contributed by atoms with van der Waals surface area (Å²) in [4.78, 5) is 25.8. The molecule has 3 atom stereocenters. The van der Waals surface area contributed by atoms with Crippen molar-refractivity contribution >= 4 is 34.2 Å². The van der Waals surface area contributed by atoms with Crippen molar-refractivity contribution in [3.63, 3.8) is 0 Å². The van der Waals surface area contributed by atoms with Crippen LogP contribution in [-0.2, 0) is 0 Å². The number of pyridine rings is 1. The third-order valence-electron chi connectivity index (χ3n) is 6.37. The molecule has 2 aromatic rings. The van der Waals surface area contributed by atoms with E-state index in [4.69, 9.17) is 17.3 Å². The zero-order valence-corrected chi connectivity index (χ0v) is 16.0. The van der Waals surface area contributed by atoms with E-state index in [1.54, 1.807) is 4.90 Å². The molecule has 5 rings (SSSR count). The number of aromatic carboxylic acids is 1. The van der Waals surface area contributed by atoms with Gasteiger partial charge in [0.25, 0.3) is 0 Å². The predicted molar refractivity (Wildman–Crippen MR) is 104 cm³/mol. The summed E-state index contributed by atoms with van der Waals surface area (Å²) < 4.78 is 30.2. The highest BCUT2D eigenvalue weighted by molar-refractivity contribution is 6.38. The Labute approximate surface area is 169 Å². The van der Waals surface area contributed by atoms with Crippen LogP contribution in [0.25, 0.3) is 10.9 Å². The molecule has 1 spiro atoms. The van der Waals surface area contributed by atoms with Gasteiger partial charge in [0.15, 0.2) is 0 Å². The summed E-state index contributed by atoms with van der Waals surface area (Å²) in [6.45, 7) is 1.01. The summed E-state index contributed by atoms with van der Waals surface area (Å²) in [6, 6.07) is 0.308. The molecular weight excluding hydrogens is 408 g/mol. The number of carboxylic acid groups (broad SMARTS) is 1. The normalized spacial score (nSPS) is 26.6. The van der Waals surface area contributed by atoms with Gasteiger partial charge in [0, 0.05) is 37.2 Å². The fourth-order valence-corrected chi connectivity index (χ4v) is 4.84. The number of rotatable bonds is 3. The van der Waals surface area contributed by atoms with Crippen molar-refractivity contribution in [2.24, 2.45) is 11.1 Å². The zero-order chi connectivity index (χ0) is 20.0. The highest BCUT2D eigenvalue weighted by Gasteiger charge is 2.54. The number of halogens is 3. The molecule has 5 N–H and O–H groups in total. The van der Waals surface area contributed by atoms with Crippen LogP contribution in [0, 0.1) is 11.2 Å². The molecule has 1 aliphatic heterocycles. The molecule has 1 saturated heterocycles. The summed E-state index contributed by atoms with van der Waals surface area (Å²) in [5.41, 5.74) is 5.15. The SMILES string of the molecule is N[C@@H]1CN(c2c(F)cc3c(=O)c(C(=O)O)cn(C4C[C@@H]4F)c3c2Cl)CC12CC2.O. The van der Waals surface area contributed by atoms with Gasteiger partial charge in [0.05, 0.1) is 27.7 Å². The number of benzene rings is 1. The van der Waals surface area contributed by atoms with Crippen molar-refractivity contribution in [3.8, 4) is 0 Å². The summed E-state index contributed by atoms with van der Waals surface area (Å²) in [6.07, 6.45) is 2.11. The van der Waals surface area contributed by atoms with Crippen molar-refractivity contribution in [3.05, 3.63) is 38.9 Å². The van der Waals surface area contributed by atoms with Crippen LogP contribution < -0.4 is 16.1 Å². The first-order valence-corrected chi connectivity index (χ1v) is 9.56. The second-order valence-electron chi connectivity index (χ2n) is 8.17. The Morgan fingerprint density at radius 3 is 2.55 bits per heavy atom. The van der Waals surface area contributed by atoms with E-state index in [1.807, 2.05) is 0 Å². The maximum atomic E-state index is 15.0. The first-order valence-electron chi connectivity index (χ1n) is 9.18. The molecule has 156 valence electrons. The highest BCUT2D eigenvalue weighted by Crippen LogP contribution is 2.54. The molecule has 2 heterocycles. The van der Waals surface area contributed by atoms with E-state index in [-0.39, 0.29) is 45.0 Å². The number of nitrogens with zero attached hydrogens (tertiary/aromatic N) is 2. The van der Waals surface area contributed by atoms with Crippen LogP contribution in [-0.4, -0.2) is 46.4 Å². The molecule has 10 heteroatoms. The topological polar surface area (TPSA) is 120 Å². The minimum atomic E-state index is -1.45. The average Bonchev–Trinajstić information content (AvgIpc) is 3.51. The van der Waals surface area contributed by atoms with Crippen LogP contribution in [0.15, 0.2) is 17.1 Å². The lowest BCUT2D eigenvalue weighted by Gasteiger charge is -2.23. The molecule has 29 heavy (non-hydrogen) atoms. The Bertz CT molecular complexity index is 1100. The van der Waals surface area contributed by atoms with Crippen molar-refractivity contribution in [2.75, 3.05) is 18.0 Å². The van der Waals surface area contributed by atoms with Gasteiger partial charge in [-0.25, -0.2) is 13.6 Å². The van der Waals surface area contributed by atoms with Crippen LogP contribution in [0.1, 0.15) is 35.7 Å². The lowest BCUT2D eigenvalue weighted by Crippen LogP contribution is -2.30. The lowest BCUT2D eigenvalue weighted by molar-refractivity contribution is 0.0694. The van der Waals surface area contributed by atoms with Crippen molar-refractivity contribution in [1.29, 1.82) is 0 Å². The van der Waals surface area contributed by atoms with Gasteiger partial charge in [-0.1, -0.05) is 11.6 Å². The van der Waals surface area contributed by atoms with Crippen LogP contribution in [0.5, 0.6) is 0 Å². The Morgan fingerprint density at radius 2 is 2.03 bits per heavy atom. The number of carbonyl (C=O) groups is 1. The third-order valence-corrected chi connectivity index (χ3v) is 6.73. The fraction of sp³-hybridized carbons (Fsp3) is 0.474. The summed E-state index contributed by atoms with van der Waals surface area (Å²) in [5, 5.41) is 9.16. The average molecular weight is 428 g/mol. The van der Waals surface area contributed by atoms with Crippen molar-refractivity contribution in [2.45, 2.75) is 37.5 Å². The lowest BCUT2D eigenvalue weighted by atomic mass is 10.0. The van der Waals surface area contributed by atoms with Crippen LogP contribution in [0.3, 0.4) is 0 Å². The molecule has 0 bridgehead atoms. The Kier molecular flexibility index (Phi) is 4.42. The van der Waals surface area contributed by atoms with Gasteiger partial charge in [-0.3, -0.25) is 4.79 Å². The van der Waals surface area contributed by atoms with E-state index < -0.39 is 35.0 Å². The van der Waals surface area contributed by atoms with E-state index in [1.165, 1.54) is 4.57 Å². The van der Waals surface area contributed by atoms with Crippen molar-refractivity contribution < 1.29 is 24.2 Å². The minimum absolute atomic E-state index is 0. The van der Waals surface area contributed by atoms with E-state index in [2.05, 4.69) is 0 Å². The summed E-state index contributed by atoms with van der Waals surface area (Å²) >= 11 is 6.56. The second-order valence-corrected chi connectivity index (χ2v) is 8.55. The molecule has 3 fully saturated rings. The molecule has 0 amide bonds. The molecule has 7 nitrogen and oxygen atoms in total. The van der Waals surface area contributed by atoms with Gasteiger partial charge >= 0.3 is 5.97 Å². The smallest absolute Gasteiger partial charge is 0.341 e. The Morgan fingerprint density at radius 1 is 1.38 bits per heavy atom. The van der Waals surface area contributed by atoms with Gasteiger partial charge in [0.2, 0.25) is 5.43 Å². The number of anilines is 1. The van der Waals surface area contributed by atoms with Crippen molar-refractivity contribution in [1.82, 2.24) is 4.57 Å². The summed E-state index contributed by atoms with van der Waals surface area (Å²) in [5.74, 6) is -2.15. The Balaban J connectivity index is 0.00000205. The molecule has 1 aromatic carbocycles. The van der Waals surface area contributed by atoms with Crippen LogP contribution >= 0.6 is 11.6 Å². The molecule has 2 aliphatic carbocycles. The number of fused-ring (bicyclic) bond motifs is 1. The fourth-order valence-electron chi connectivity index (χ4n) is 4.43. The van der Waals surface area contributed by atoms with Gasteiger partial charge in [-0.2, -0.15) is 0 Å². The van der Waals surface area contributed by atoms with Gasteiger partial charge < -0.3 is 25.8 Å². The molecule has 2 saturated carbocycles. The number of hydrogen-bond acceptors (Lipinski definition) is 4. The number of alkyl halides is 1. The molecular formula is C19H20ClF2N3O4. The monoisotopic (exact) mass is 427 g/mol. The number of hydrogen-bond donors (Lipinski definition) is 2. The quantitative estimate of drug-likeness (QED) is 0.774. The van der Waals surface area contributed by atoms with Gasteiger partial charge in [-0.05, 0) is 18.9 Å². The van der Waals surface area contributed by atoms with Gasteiger partial charge in [-0.15, -0.1) is 0 Å². The molecule has 1 unspecified atom stereocenters. The van der Waals surface area contributed by atoms with E-state index in [0.717, 1.165) is 25.1 Å². The summed E-state index contributed by atoms with van der Waals surface area (Å²) in [7, 11) is 0. The third kappa shape index (κ3) is 2.83. The molecule has 0 radical (unpaired) electrons. The second kappa shape index (κ2) is 6.38. The number of carboxylic acids is 1. The highest BCUT2D eigenvalue weighted by atomic mass is 35.5. The van der Waals surface area contributed by atoms with Crippen LogP contribution in [0.2, 0.25) is 5.02 Å². The minimum Gasteiger partial charge on any atom is -0.477 e. The van der Waals surface area contributed by atoms with E-state index in [9.17, 15) is 19.1 Å². The first kappa shape index (κ1) is 20.1. The molecule has 1 aromatic heterocycles. The standard InChI is InChI=1S/C19H18ClF2N3O3.H2O/c20-14-15-8(17(26)9(18(27)28)5-25(15)12-4-10(12)21)3-11(22)16(14)24-6-13(23)19(7-24)1-2-19;/h3,5,10,12-13H,1-2,4,6-7,23H2,(H,27,28);1H2/t10-,12?,13+;/m0./s1. The Hall–Kier alpha value is -2.23. The predicted octanol–water partition coefficient (Wildman–Crippen LogP) is 1.88. The number of nitrogens with two attached hydrogens (primary N) is 1. The van der Waals surface area contributed by atoms with Gasteiger partial charge in [0.1, 0.15) is 17.6 Å². The van der Waals surface area contributed by atoms with Crippen LogP contribution in [0.4, 0.5) is 14.5 Å². The van der Waals surface area contributed by atoms with E-state index >= 15 is 4.39 Å². The maximum Gasteiger partial charge on any atom is 0.341 e. The largest absolute Gasteiger partial charge is 0.477 e.